The number of carbonyl (C=O) groups is 1. The number of para-hydroxylation sites is 1. The van der Waals surface area contributed by atoms with Gasteiger partial charge >= 0.3 is 0 Å². The lowest BCUT2D eigenvalue weighted by Gasteiger charge is -2.22. The third kappa shape index (κ3) is 3.26. The fourth-order valence-electron chi connectivity index (χ4n) is 3.40. The van der Waals surface area contributed by atoms with Gasteiger partial charge < -0.3 is 9.64 Å². The lowest BCUT2D eigenvalue weighted by molar-refractivity contribution is -0.130. The van der Waals surface area contributed by atoms with Crippen molar-refractivity contribution in [3.8, 4) is 5.75 Å². The minimum atomic E-state index is -0.0273. The SMILES string of the molecule is COc1ccccc1CN(Cc1cc2ccc(C)cc2n2nnnc12)C(C)=O. The number of carbonyl (C=O) groups excluding carboxylic acids is 1. The zero-order valence-corrected chi connectivity index (χ0v) is 16.1. The van der Waals surface area contributed by atoms with Gasteiger partial charge in [0.1, 0.15) is 5.75 Å². The predicted octanol–water partition coefficient (Wildman–Crippen LogP) is 3.14. The van der Waals surface area contributed by atoms with Gasteiger partial charge in [-0.2, -0.15) is 4.52 Å². The van der Waals surface area contributed by atoms with E-state index >= 15 is 0 Å². The summed E-state index contributed by atoms with van der Waals surface area (Å²) in [5.74, 6) is 0.734. The number of ether oxygens (including phenoxy) is 1. The Morgan fingerprint density at radius 1 is 1.11 bits per heavy atom. The molecule has 0 aliphatic heterocycles. The Morgan fingerprint density at radius 3 is 2.68 bits per heavy atom. The van der Waals surface area contributed by atoms with Crippen LogP contribution in [0.1, 0.15) is 23.6 Å². The van der Waals surface area contributed by atoms with E-state index in [1.807, 2.05) is 37.3 Å². The van der Waals surface area contributed by atoms with Gasteiger partial charge in [-0.1, -0.05) is 30.3 Å². The van der Waals surface area contributed by atoms with Crippen molar-refractivity contribution in [3.05, 3.63) is 65.2 Å². The molecule has 0 atom stereocenters. The van der Waals surface area contributed by atoms with Gasteiger partial charge in [-0.3, -0.25) is 4.79 Å². The molecule has 1 amide bonds. The van der Waals surface area contributed by atoms with Crippen molar-refractivity contribution in [2.45, 2.75) is 26.9 Å². The summed E-state index contributed by atoms with van der Waals surface area (Å²) in [5.41, 5.74) is 4.59. The van der Waals surface area contributed by atoms with Crippen molar-refractivity contribution in [1.82, 2.24) is 24.9 Å². The molecular weight excluding hydrogens is 354 g/mol. The Hall–Kier alpha value is -3.48. The van der Waals surface area contributed by atoms with Crippen molar-refractivity contribution in [1.29, 1.82) is 0 Å². The maximum Gasteiger partial charge on any atom is 0.220 e. The van der Waals surface area contributed by atoms with Crippen LogP contribution in [0.25, 0.3) is 16.6 Å². The maximum atomic E-state index is 12.4. The number of benzene rings is 2. The molecule has 0 unspecified atom stereocenters. The summed E-state index contributed by atoms with van der Waals surface area (Å²) >= 11 is 0. The zero-order chi connectivity index (χ0) is 19.7. The molecule has 28 heavy (non-hydrogen) atoms. The molecule has 7 nitrogen and oxygen atoms in total. The van der Waals surface area contributed by atoms with Crippen LogP contribution in [0.15, 0.2) is 48.5 Å². The highest BCUT2D eigenvalue weighted by Crippen LogP contribution is 2.24. The largest absolute Gasteiger partial charge is 0.496 e. The van der Waals surface area contributed by atoms with Gasteiger partial charge in [0.25, 0.3) is 0 Å². The average Bonchev–Trinajstić information content (AvgIpc) is 3.18. The van der Waals surface area contributed by atoms with Crippen molar-refractivity contribution in [3.63, 3.8) is 0 Å². The minimum Gasteiger partial charge on any atom is -0.496 e. The molecule has 0 saturated carbocycles. The summed E-state index contributed by atoms with van der Waals surface area (Å²) in [5, 5.41) is 13.2. The topological polar surface area (TPSA) is 72.6 Å². The lowest BCUT2D eigenvalue weighted by atomic mass is 10.1. The van der Waals surface area contributed by atoms with E-state index in [-0.39, 0.29) is 5.91 Å². The highest BCUT2D eigenvalue weighted by atomic mass is 16.5. The molecule has 0 bridgehead atoms. The van der Waals surface area contributed by atoms with E-state index in [0.29, 0.717) is 18.7 Å². The monoisotopic (exact) mass is 375 g/mol. The molecule has 2 heterocycles. The molecule has 7 heteroatoms. The first-order valence-electron chi connectivity index (χ1n) is 9.04. The normalized spacial score (nSPS) is 11.1. The van der Waals surface area contributed by atoms with Crippen molar-refractivity contribution < 1.29 is 9.53 Å². The van der Waals surface area contributed by atoms with Crippen LogP contribution < -0.4 is 4.74 Å². The van der Waals surface area contributed by atoms with Crippen LogP contribution in [0, 0.1) is 6.92 Å². The van der Waals surface area contributed by atoms with E-state index in [9.17, 15) is 4.79 Å². The summed E-state index contributed by atoms with van der Waals surface area (Å²) in [4.78, 5) is 14.1. The van der Waals surface area contributed by atoms with E-state index in [0.717, 1.165) is 33.3 Å². The summed E-state index contributed by atoms with van der Waals surface area (Å²) in [6.45, 7) is 4.45. The number of tetrazole rings is 1. The third-order valence-corrected chi connectivity index (χ3v) is 4.86. The number of amides is 1. The molecule has 0 saturated heterocycles. The van der Waals surface area contributed by atoms with Crippen LogP contribution in [0.3, 0.4) is 0 Å². The number of rotatable bonds is 5. The average molecular weight is 375 g/mol. The Kier molecular flexibility index (Phi) is 4.65. The summed E-state index contributed by atoms with van der Waals surface area (Å²) in [7, 11) is 1.63. The van der Waals surface area contributed by atoms with Gasteiger partial charge in [0.2, 0.25) is 5.91 Å². The van der Waals surface area contributed by atoms with Gasteiger partial charge in [0.15, 0.2) is 5.65 Å². The molecule has 0 aliphatic rings. The Balaban J connectivity index is 1.74. The lowest BCUT2D eigenvalue weighted by Crippen LogP contribution is -2.28. The number of methoxy groups -OCH3 is 1. The number of aromatic nitrogens is 4. The fraction of sp³-hybridized carbons (Fsp3) is 0.238. The van der Waals surface area contributed by atoms with Gasteiger partial charge in [0, 0.05) is 36.5 Å². The fourth-order valence-corrected chi connectivity index (χ4v) is 3.40. The maximum absolute atomic E-state index is 12.4. The smallest absolute Gasteiger partial charge is 0.220 e. The summed E-state index contributed by atoms with van der Waals surface area (Å²) < 4.78 is 7.16. The van der Waals surface area contributed by atoms with Crippen LogP contribution in [0.4, 0.5) is 0 Å². The number of fused-ring (bicyclic) bond motifs is 3. The highest BCUT2D eigenvalue weighted by molar-refractivity contribution is 5.84. The molecule has 4 aromatic rings. The van der Waals surface area contributed by atoms with Gasteiger partial charge in [-0.25, -0.2) is 0 Å². The third-order valence-electron chi connectivity index (χ3n) is 4.86. The molecule has 4 rings (SSSR count). The molecule has 0 aliphatic carbocycles. The molecular formula is C21H21N5O2. The van der Waals surface area contributed by atoms with Crippen molar-refractivity contribution in [2.24, 2.45) is 0 Å². The molecule has 2 aromatic heterocycles. The van der Waals surface area contributed by atoms with Crippen LogP contribution in [-0.2, 0) is 17.9 Å². The van der Waals surface area contributed by atoms with E-state index in [4.69, 9.17) is 4.74 Å². The van der Waals surface area contributed by atoms with E-state index < -0.39 is 0 Å². The van der Waals surface area contributed by atoms with Crippen LogP contribution in [0.2, 0.25) is 0 Å². The highest BCUT2D eigenvalue weighted by Gasteiger charge is 2.17. The van der Waals surface area contributed by atoms with Crippen molar-refractivity contribution in [2.75, 3.05) is 7.11 Å². The Morgan fingerprint density at radius 2 is 1.89 bits per heavy atom. The van der Waals surface area contributed by atoms with Crippen LogP contribution in [-0.4, -0.2) is 38.0 Å². The van der Waals surface area contributed by atoms with Crippen molar-refractivity contribution >= 4 is 22.5 Å². The number of pyridine rings is 1. The second-order valence-electron chi connectivity index (χ2n) is 6.83. The zero-order valence-electron chi connectivity index (χ0n) is 16.1. The molecule has 0 radical (unpaired) electrons. The minimum absolute atomic E-state index is 0.0273. The van der Waals surface area contributed by atoms with Crippen LogP contribution in [0.5, 0.6) is 5.75 Å². The summed E-state index contributed by atoms with van der Waals surface area (Å²) in [6.07, 6.45) is 0. The second-order valence-corrected chi connectivity index (χ2v) is 6.83. The van der Waals surface area contributed by atoms with Gasteiger partial charge in [0.05, 0.1) is 12.6 Å². The number of aryl methyl sites for hydroxylation is 1. The number of nitrogens with zero attached hydrogens (tertiary/aromatic N) is 5. The predicted molar refractivity (Wildman–Crippen MR) is 106 cm³/mol. The van der Waals surface area contributed by atoms with Gasteiger partial charge in [-0.15, -0.1) is 5.10 Å². The first-order chi connectivity index (χ1) is 13.6. The Labute approximate surface area is 162 Å². The molecule has 0 N–H and O–H groups in total. The first kappa shape index (κ1) is 17.9. The molecule has 2 aromatic carbocycles. The number of hydrogen-bond donors (Lipinski definition) is 0. The Bertz CT molecular complexity index is 1170. The molecule has 0 spiro atoms. The van der Waals surface area contributed by atoms with E-state index in [2.05, 4.69) is 33.7 Å². The summed E-state index contributed by atoms with van der Waals surface area (Å²) in [6, 6.07) is 15.9. The van der Waals surface area contributed by atoms with E-state index in [1.165, 1.54) is 0 Å². The van der Waals surface area contributed by atoms with E-state index in [1.54, 1.807) is 23.4 Å². The molecule has 142 valence electrons. The second kappa shape index (κ2) is 7.26. The van der Waals surface area contributed by atoms with Gasteiger partial charge in [-0.05, 0) is 41.1 Å². The first-order valence-corrected chi connectivity index (χ1v) is 9.04. The number of hydrogen-bond acceptors (Lipinski definition) is 5. The van der Waals surface area contributed by atoms with Crippen LogP contribution >= 0.6 is 0 Å². The quantitative estimate of drug-likeness (QED) is 0.536. The molecule has 0 fully saturated rings. The standard InChI is InChI=1S/C21H21N5O2/c1-14-8-9-16-11-18(21-22-23-24-26(21)19(16)10-14)13-25(15(2)27)12-17-6-4-5-7-20(17)28-3/h4-11H,12-13H2,1-3H3.